The van der Waals surface area contributed by atoms with Crippen LogP contribution in [0.5, 0.6) is 0 Å². The van der Waals surface area contributed by atoms with E-state index >= 15 is 0 Å². The molecule has 0 spiro atoms. The third-order valence-corrected chi connectivity index (χ3v) is 5.12. The van der Waals surface area contributed by atoms with Crippen molar-refractivity contribution in [3.8, 4) is 0 Å². The highest BCUT2D eigenvalue weighted by Gasteiger charge is 2.26. The molecule has 140 valence electrons. The number of benzene rings is 2. The number of para-hydroxylation sites is 1. The fraction of sp³-hybridized carbons (Fsp3) is 0.318. The van der Waals surface area contributed by atoms with Gasteiger partial charge < -0.3 is 19.9 Å². The number of H-pyrrole nitrogens is 1. The average molecular weight is 363 g/mol. The first-order chi connectivity index (χ1) is 13.3. The minimum Gasteiger partial charge on any atom is -0.378 e. The molecule has 0 radical (unpaired) electrons. The summed E-state index contributed by atoms with van der Waals surface area (Å²) in [7, 11) is 0. The molecule has 5 nitrogen and oxygen atoms in total. The summed E-state index contributed by atoms with van der Waals surface area (Å²) in [6.45, 7) is 3.28. The van der Waals surface area contributed by atoms with Crippen LogP contribution in [0.1, 0.15) is 17.2 Å². The second kappa shape index (κ2) is 8.37. The van der Waals surface area contributed by atoms with E-state index in [1.165, 1.54) is 10.9 Å². The molecule has 1 aliphatic heterocycles. The second-order valence-corrected chi connectivity index (χ2v) is 6.84. The number of carbonyl (C=O) groups is 1. The van der Waals surface area contributed by atoms with E-state index in [9.17, 15) is 4.79 Å². The maximum atomic E-state index is 13.1. The van der Waals surface area contributed by atoms with Crippen LogP contribution in [-0.4, -0.2) is 48.6 Å². The SMILES string of the molecule is O=C(C(NCCc1c[nH]c2ccccc12)c1ccccc1)N1CCOCC1. The topological polar surface area (TPSA) is 57.4 Å². The van der Waals surface area contributed by atoms with Crippen molar-refractivity contribution in [3.05, 3.63) is 71.9 Å². The Morgan fingerprint density at radius 2 is 1.81 bits per heavy atom. The van der Waals surface area contributed by atoms with E-state index in [-0.39, 0.29) is 11.9 Å². The molecule has 0 aliphatic carbocycles. The molecule has 2 N–H and O–H groups in total. The van der Waals surface area contributed by atoms with Gasteiger partial charge in [0.25, 0.3) is 0 Å². The van der Waals surface area contributed by atoms with Gasteiger partial charge in [-0.25, -0.2) is 0 Å². The highest BCUT2D eigenvalue weighted by Crippen LogP contribution is 2.20. The predicted octanol–water partition coefficient (Wildman–Crippen LogP) is 2.90. The van der Waals surface area contributed by atoms with Crippen LogP contribution >= 0.6 is 0 Å². The first-order valence-corrected chi connectivity index (χ1v) is 9.53. The van der Waals surface area contributed by atoms with E-state index in [1.807, 2.05) is 41.3 Å². The molecule has 1 aromatic heterocycles. The zero-order valence-electron chi connectivity index (χ0n) is 15.4. The van der Waals surface area contributed by atoms with Crippen LogP contribution in [0.4, 0.5) is 0 Å². The standard InChI is InChI=1S/C22H25N3O2/c26-22(25-12-14-27-15-13-25)21(17-6-2-1-3-7-17)23-11-10-18-16-24-20-9-5-4-8-19(18)20/h1-9,16,21,23-24H,10-15H2. The average Bonchev–Trinajstić information content (AvgIpc) is 3.15. The first-order valence-electron chi connectivity index (χ1n) is 9.53. The summed E-state index contributed by atoms with van der Waals surface area (Å²) >= 11 is 0. The quantitative estimate of drug-likeness (QED) is 0.708. The number of ether oxygens (including phenoxy) is 1. The van der Waals surface area contributed by atoms with Crippen molar-refractivity contribution >= 4 is 16.8 Å². The van der Waals surface area contributed by atoms with Gasteiger partial charge in [0.05, 0.1) is 13.2 Å². The number of hydrogen-bond acceptors (Lipinski definition) is 3. The van der Waals surface area contributed by atoms with Gasteiger partial charge in [-0.1, -0.05) is 48.5 Å². The van der Waals surface area contributed by atoms with Crippen LogP contribution in [0.3, 0.4) is 0 Å². The van der Waals surface area contributed by atoms with Crippen molar-refractivity contribution in [3.63, 3.8) is 0 Å². The summed E-state index contributed by atoms with van der Waals surface area (Å²) < 4.78 is 5.39. The minimum atomic E-state index is -0.325. The van der Waals surface area contributed by atoms with Gasteiger partial charge in [0, 0.05) is 36.7 Å². The number of nitrogens with zero attached hydrogens (tertiary/aromatic N) is 1. The Morgan fingerprint density at radius 3 is 2.63 bits per heavy atom. The molecular formula is C22H25N3O2. The Labute approximate surface area is 159 Å². The molecule has 1 aliphatic rings. The van der Waals surface area contributed by atoms with Crippen LogP contribution in [-0.2, 0) is 16.0 Å². The summed E-state index contributed by atoms with van der Waals surface area (Å²) in [5, 5.41) is 4.74. The van der Waals surface area contributed by atoms with Gasteiger partial charge in [0.2, 0.25) is 5.91 Å². The lowest BCUT2D eigenvalue weighted by atomic mass is 10.0. The maximum Gasteiger partial charge on any atom is 0.244 e. The lowest BCUT2D eigenvalue weighted by Gasteiger charge is -2.31. The Bertz CT molecular complexity index is 885. The highest BCUT2D eigenvalue weighted by molar-refractivity contribution is 5.84. The third-order valence-electron chi connectivity index (χ3n) is 5.12. The van der Waals surface area contributed by atoms with Crippen molar-refractivity contribution in [1.82, 2.24) is 15.2 Å². The Morgan fingerprint density at radius 1 is 1.07 bits per heavy atom. The number of aromatic amines is 1. The predicted molar refractivity (Wildman–Crippen MR) is 107 cm³/mol. The molecule has 2 aromatic carbocycles. The molecule has 1 fully saturated rings. The van der Waals surface area contributed by atoms with Gasteiger partial charge in [-0.2, -0.15) is 0 Å². The minimum absolute atomic E-state index is 0.128. The summed E-state index contributed by atoms with van der Waals surface area (Å²) in [5.41, 5.74) is 3.42. The third kappa shape index (κ3) is 4.04. The zero-order valence-corrected chi connectivity index (χ0v) is 15.4. The van der Waals surface area contributed by atoms with Gasteiger partial charge in [-0.05, 0) is 23.6 Å². The number of fused-ring (bicyclic) bond motifs is 1. The Kier molecular flexibility index (Phi) is 5.51. The molecule has 1 unspecified atom stereocenters. The van der Waals surface area contributed by atoms with Crippen LogP contribution in [0.2, 0.25) is 0 Å². The number of amides is 1. The normalized spacial score (nSPS) is 15.8. The molecule has 1 amide bonds. The molecule has 5 heteroatoms. The van der Waals surface area contributed by atoms with Crippen LogP contribution in [0.15, 0.2) is 60.8 Å². The first kappa shape index (κ1) is 17.8. The summed E-state index contributed by atoms with van der Waals surface area (Å²) in [4.78, 5) is 18.3. The van der Waals surface area contributed by atoms with E-state index in [2.05, 4.69) is 34.7 Å². The smallest absolute Gasteiger partial charge is 0.244 e. The van der Waals surface area contributed by atoms with Gasteiger partial charge in [0.1, 0.15) is 6.04 Å². The molecule has 3 aromatic rings. The van der Waals surface area contributed by atoms with Gasteiger partial charge >= 0.3 is 0 Å². The monoisotopic (exact) mass is 363 g/mol. The second-order valence-electron chi connectivity index (χ2n) is 6.84. The van der Waals surface area contributed by atoms with E-state index in [4.69, 9.17) is 4.74 Å². The van der Waals surface area contributed by atoms with Crippen molar-refractivity contribution < 1.29 is 9.53 Å². The number of carbonyl (C=O) groups excluding carboxylic acids is 1. The summed E-state index contributed by atoms with van der Waals surface area (Å²) in [6, 6.07) is 18.0. The van der Waals surface area contributed by atoms with Crippen molar-refractivity contribution in [2.75, 3.05) is 32.8 Å². The molecule has 0 bridgehead atoms. The number of rotatable bonds is 6. The summed E-state index contributed by atoms with van der Waals surface area (Å²) in [5.74, 6) is 0.128. The largest absolute Gasteiger partial charge is 0.378 e. The number of nitrogens with one attached hydrogen (secondary N) is 2. The molecule has 1 atom stereocenters. The lowest BCUT2D eigenvalue weighted by molar-refractivity contribution is -0.137. The van der Waals surface area contributed by atoms with E-state index < -0.39 is 0 Å². The fourth-order valence-corrected chi connectivity index (χ4v) is 3.65. The molecular weight excluding hydrogens is 338 g/mol. The fourth-order valence-electron chi connectivity index (χ4n) is 3.65. The Balaban J connectivity index is 1.46. The number of morpholine rings is 1. The molecule has 1 saturated heterocycles. The van der Waals surface area contributed by atoms with Crippen molar-refractivity contribution in [1.29, 1.82) is 0 Å². The molecule has 2 heterocycles. The highest BCUT2D eigenvalue weighted by atomic mass is 16.5. The van der Waals surface area contributed by atoms with Crippen molar-refractivity contribution in [2.45, 2.75) is 12.5 Å². The maximum absolute atomic E-state index is 13.1. The van der Waals surface area contributed by atoms with E-state index in [1.54, 1.807) is 0 Å². The zero-order chi connectivity index (χ0) is 18.5. The van der Waals surface area contributed by atoms with E-state index in [0.29, 0.717) is 26.3 Å². The summed E-state index contributed by atoms with van der Waals surface area (Å²) in [6.07, 6.45) is 2.93. The molecule has 27 heavy (non-hydrogen) atoms. The molecule has 0 saturated carbocycles. The Hall–Kier alpha value is -2.63. The van der Waals surface area contributed by atoms with Crippen molar-refractivity contribution in [2.24, 2.45) is 0 Å². The van der Waals surface area contributed by atoms with Gasteiger partial charge in [-0.15, -0.1) is 0 Å². The lowest BCUT2D eigenvalue weighted by Crippen LogP contribution is -2.46. The van der Waals surface area contributed by atoms with E-state index in [0.717, 1.165) is 24.0 Å². The van der Waals surface area contributed by atoms with Crippen LogP contribution in [0.25, 0.3) is 10.9 Å². The van der Waals surface area contributed by atoms with Gasteiger partial charge in [-0.3, -0.25) is 4.79 Å². The van der Waals surface area contributed by atoms with Crippen LogP contribution in [0, 0.1) is 0 Å². The van der Waals surface area contributed by atoms with Crippen LogP contribution < -0.4 is 5.32 Å². The number of aromatic nitrogens is 1. The molecule has 4 rings (SSSR count). The number of hydrogen-bond donors (Lipinski definition) is 2. The van der Waals surface area contributed by atoms with Gasteiger partial charge in [0.15, 0.2) is 0 Å².